The van der Waals surface area contributed by atoms with Gasteiger partial charge in [-0.1, -0.05) is 0 Å². The first-order valence-electron chi connectivity index (χ1n) is 3.84. The average molecular weight is 195 g/mol. The minimum atomic E-state index is -1.15. The van der Waals surface area contributed by atoms with E-state index < -0.39 is 6.09 Å². The number of Topliss-reactive ketones (excluding diaryl/α,β-unsaturated/α-hetero) is 1. The van der Waals surface area contributed by atoms with Gasteiger partial charge in [0.15, 0.2) is 0 Å². The molecule has 6 heteroatoms. The summed E-state index contributed by atoms with van der Waals surface area (Å²) in [6.07, 6.45) is 2.98. The normalized spacial score (nSPS) is 9.50. The number of rotatable bonds is 3. The largest absolute Gasteiger partial charge is 0.465 e. The molecule has 0 unspecified atom stereocenters. The van der Waals surface area contributed by atoms with Crippen LogP contribution in [0.5, 0.6) is 0 Å². The van der Waals surface area contributed by atoms with Crippen molar-refractivity contribution in [3.63, 3.8) is 0 Å². The number of likely N-dealkylation sites (N-methyl/N-ethyl adjacent to an activating group) is 1. The molecule has 1 N–H and O–H groups in total. The van der Waals surface area contributed by atoms with Gasteiger partial charge in [0.2, 0.25) is 5.78 Å². The second kappa shape index (κ2) is 4.31. The van der Waals surface area contributed by atoms with Crippen LogP contribution < -0.4 is 0 Å². The van der Waals surface area contributed by atoms with Crippen LogP contribution >= 0.6 is 0 Å². The van der Waals surface area contributed by atoms with Crippen LogP contribution in [-0.4, -0.2) is 45.4 Å². The molecule has 0 aliphatic rings. The summed E-state index contributed by atoms with van der Waals surface area (Å²) < 4.78 is 0. The van der Waals surface area contributed by atoms with Gasteiger partial charge in [-0.15, -0.1) is 0 Å². The number of carbonyl (C=O) groups is 2. The fourth-order valence-corrected chi connectivity index (χ4v) is 0.807. The molecule has 1 heterocycles. The molecular formula is C8H9N3O3. The molecule has 0 saturated carbocycles. The van der Waals surface area contributed by atoms with Gasteiger partial charge < -0.3 is 10.0 Å². The highest BCUT2D eigenvalue weighted by Gasteiger charge is 2.13. The van der Waals surface area contributed by atoms with Crippen molar-refractivity contribution in [3.05, 3.63) is 24.3 Å². The van der Waals surface area contributed by atoms with Crippen LogP contribution in [-0.2, 0) is 0 Å². The Kier molecular flexibility index (Phi) is 3.11. The van der Waals surface area contributed by atoms with Crippen molar-refractivity contribution in [1.82, 2.24) is 14.9 Å². The van der Waals surface area contributed by atoms with E-state index in [2.05, 4.69) is 9.97 Å². The lowest BCUT2D eigenvalue weighted by molar-refractivity contribution is 0.0924. The van der Waals surface area contributed by atoms with E-state index in [1.54, 1.807) is 0 Å². The summed E-state index contributed by atoms with van der Waals surface area (Å²) in [5.41, 5.74) is 0.167. The molecule has 74 valence electrons. The number of carboxylic acid groups (broad SMARTS) is 1. The zero-order valence-electron chi connectivity index (χ0n) is 7.54. The molecule has 0 fully saturated rings. The van der Waals surface area contributed by atoms with Gasteiger partial charge in [0.05, 0.1) is 12.7 Å². The molecule has 0 aromatic carbocycles. The number of hydrogen-bond acceptors (Lipinski definition) is 4. The molecule has 0 aliphatic heterocycles. The summed E-state index contributed by atoms with van der Waals surface area (Å²) >= 11 is 0. The van der Waals surface area contributed by atoms with Crippen molar-refractivity contribution >= 4 is 11.9 Å². The van der Waals surface area contributed by atoms with Gasteiger partial charge in [0, 0.05) is 19.4 Å². The summed E-state index contributed by atoms with van der Waals surface area (Å²) in [6, 6.07) is 0. The van der Waals surface area contributed by atoms with Gasteiger partial charge in [0.25, 0.3) is 0 Å². The summed E-state index contributed by atoms with van der Waals surface area (Å²) in [5.74, 6) is -0.372. The molecule has 1 rings (SSSR count). The highest BCUT2D eigenvalue weighted by molar-refractivity contribution is 5.96. The van der Waals surface area contributed by atoms with Gasteiger partial charge in [-0.2, -0.15) is 0 Å². The standard InChI is InChI=1S/C8H9N3O3/c1-11(8(13)14)5-7(12)6-4-9-2-3-10-6/h2-4H,5H2,1H3,(H,13,14). The predicted octanol–water partition coefficient (Wildman–Crippen LogP) is 0.269. The minimum absolute atomic E-state index is 0.167. The lowest BCUT2D eigenvalue weighted by Crippen LogP contribution is -2.31. The molecule has 14 heavy (non-hydrogen) atoms. The fourth-order valence-electron chi connectivity index (χ4n) is 0.807. The zero-order valence-corrected chi connectivity index (χ0v) is 7.54. The van der Waals surface area contributed by atoms with E-state index in [1.807, 2.05) is 0 Å². The Bertz CT molecular complexity index is 339. The summed E-state index contributed by atoms with van der Waals surface area (Å²) in [5, 5.41) is 8.52. The first-order valence-corrected chi connectivity index (χ1v) is 3.84. The van der Waals surface area contributed by atoms with E-state index in [4.69, 9.17) is 5.11 Å². The van der Waals surface area contributed by atoms with Crippen molar-refractivity contribution in [3.8, 4) is 0 Å². The van der Waals surface area contributed by atoms with Crippen LogP contribution in [0.2, 0.25) is 0 Å². The summed E-state index contributed by atoms with van der Waals surface area (Å²) in [4.78, 5) is 30.1. The van der Waals surface area contributed by atoms with E-state index >= 15 is 0 Å². The Morgan fingerprint density at radius 2 is 2.21 bits per heavy atom. The Hall–Kier alpha value is -1.98. The van der Waals surface area contributed by atoms with Crippen LogP contribution in [0.3, 0.4) is 0 Å². The monoisotopic (exact) mass is 195 g/mol. The molecule has 0 saturated heterocycles. The molecule has 0 atom stereocenters. The van der Waals surface area contributed by atoms with Crippen molar-refractivity contribution in [2.75, 3.05) is 13.6 Å². The van der Waals surface area contributed by atoms with Gasteiger partial charge in [-0.3, -0.25) is 9.78 Å². The third-order valence-electron chi connectivity index (χ3n) is 1.56. The first kappa shape index (κ1) is 10.1. The van der Waals surface area contributed by atoms with E-state index in [0.29, 0.717) is 0 Å². The maximum absolute atomic E-state index is 11.4. The third kappa shape index (κ3) is 2.51. The van der Waals surface area contributed by atoms with Crippen LogP contribution in [0.15, 0.2) is 18.6 Å². The van der Waals surface area contributed by atoms with Crippen LogP contribution in [0.25, 0.3) is 0 Å². The van der Waals surface area contributed by atoms with E-state index in [-0.39, 0.29) is 18.0 Å². The van der Waals surface area contributed by atoms with Crippen LogP contribution in [0.4, 0.5) is 4.79 Å². The number of aromatic nitrogens is 2. The van der Waals surface area contributed by atoms with Gasteiger partial charge >= 0.3 is 6.09 Å². The van der Waals surface area contributed by atoms with Gasteiger partial charge in [-0.05, 0) is 0 Å². The molecule has 0 bridgehead atoms. The van der Waals surface area contributed by atoms with Crippen LogP contribution in [0.1, 0.15) is 10.5 Å². The van der Waals surface area contributed by atoms with Gasteiger partial charge in [0.1, 0.15) is 5.69 Å². The molecule has 1 aromatic rings. The lowest BCUT2D eigenvalue weighted by atomic mass is 10.3. The highest BCUT2D eigenvalue weighted by atomic mass is 16.4. The topological polar surface area (TPSA) is 83.4 Å². The predicted molar refractivity (Wildman–Crippen MR) is 47.0 cm³/mol. The maximum Gasteiger partial charge on any atom is 0.407 e. The third-order valence-corrected chi connectivity index (χ3v) is 1.56. The zero-order chi connectivity index (χ0) is 10.6. The van der Waals surface area contributed by atoms with Crippen LogP contribution in [0, 0.1) is 0 Å². The van der Waals surface area contributed by atoms with E-state index in [9.17, 15) is 9.59 Å². The van der Waals surface area contributed by atoms with Crippen molar-refractivity contribution in [2.45, 2.75) is 0 Å². The number of ketones is 1. The fraction of sp³-hybridized carbons (Fsp3) is 0.250. The molecule has 1 amide bonds. The summed E-state index contributed by atoms with van der Waals surface area (Å²) in [6.45, 7) is -0.214. The highest BCUT2D eigenvalue weighted by Crippen LogP contribution is 1.95. The van der Waals surface area contributed by atoms with E-state index in [0.717, 1.165) is 4.90 Å². The maximum atomic E-state index is 11.4. The van der Waals surface area contributed by atoms with E-state index in [1.165, 1.54) is 25.6 Å². The Morgan fingerprint density at radius 3 is 2.71 bits per heavy atom. The second-order valence-corrected chi connectivity index (χ2v) is 2.65. The Labute approximate surface area is 80.2 Å². The Balaban J connectivity index is 2.64. The smallest absolute Gasteiger partial charge is 0.407 e. The van der Waals surface area contributed by atoms with Crippen molar-refractivity contribution in [2.24, 2.45) is 0 Å². The molecule has 0 aliphatic carbocycles. The number of amides is 1. The minimum Gasteiger partial charge on any atom is -0.465 e. The quantitative estimate of drug-likeness (QED) is 0.700. The Morgan fingerprint density at radius 1 is 1.50 bits per heavy atom. The molecule has 6 nitrogen and oxygen atoms in total. The average Bonchev–Trinajstić information content (AvgIpc) is 2.19. The SMILES string of the molecule is CN(CC(=O)c1cnccn1)C(=O)O. The number of nitrogens with zero attached hydrogens (tertiary/aromatic N) is 3. The molecule has 0 spiro atoms. The van der Waals surface area contributed by atoms with Crippen molar-refractivity contribution in [1.29, 1.82) is 0 Å². The first-order chi connectivity index (χ1) is 6.61. The number of hydrogen-bond donors (Lipinski definition) is 1. The second-order valence-electron chi connectivity index (χ2n) is 2.65. The van der Waals surface area contributed by atoms with Gasteiger partial charge in [-0.25, -0.2) is 9.78 Å². The number of carbonyl (C=O) groups excluding carboxylic acids is 1. The lowest BCUT2D eigenvalue weighted by Gasteiger charge is -2.10. The molecular weight excluding hydrogens is 186 g/mol. The molecule has 1 aromatic heterocycles. The summed E-state index contributed by atoms with van der Waals surface area (Å²) in [7, 11) is 1.32. The molecule has 0 radical (unpaired) electrons. The van der Waals surface area contributed by atoms with Crippen molar-refractivity contribution < 1.29 is 14.7 Å².